The summed E-state index contributed by atoms with van der Waals surface area (Å²) in [7, 11) is 0. The number of ketones is 1. The summed E-state index contributed by atoms with van der Waals surface area (Å²) < 4.78 is 0. The molecular weight excluding hydrogens is 316 g/mol. The number of aryl methyl sites for hydroxylation is 1. The van der Waals surface area contributed by atoms with Crippen molar-refractivity contribution in [3.8, 4) is 11.1 Å². The molecule has 0 bridgehead atoms. The second-order valence-corrected chi connectivity index (χ2v) is 7.18. The van der Waals surface area contributed by atoms with Gasteiger partial charge in [0.05, 0.1) is 0 Å². The molecule has 0 heterocycles. The van der Waals surface area contributed by atoms with Crippen LogP contribution in [-0.2, 0) is 11.2 Å². The molecule has 0 aliphatic rings. The molecule has 26 heavy (non-hydrogen) atoms. The Morgan fingerprint density at radius 2 is 1.73 bits per heavy atom. The van der Waals surface area contributed by atoms with Crippen LogP contribution in [0, 0.1) is 18.8 Å². The fourth-order valence-electron chi connectivity index (χ4n) is 3.32. The molecule has 0 aliphatic heterocycles. The summed E-state index contributed by atoms with van der Waals surface area (Å²) in [5.41, 5.74) is 5.76. The van der Waals surface area contributed by atoms with E-state index in [0.29, 0.717) is 5.92 Å². The van der Waals surface area contributed by atoms with Crippen molar-refractivity contribution < 1.29 is 4.79 Å². The zero-order chi connectivity index (χ0) is 19.1. The van der Waals surface area contributed by atoms with Crippen LogP contribution in [0.25, 0.3) is 11.1 Å². The Kier molecular flexibility index (Phi) is 7.15. The first-order valence-corrected chi connectivity index (χ1v) is 9.46. The average molecular weight is 347 g/mol. The lowest BCUT2D eigenvalue weighted by molar-refractivity contribution is -0.120. The van der Waals surface area contributed by atoms with E-state index in [2.05, 4.69) is 63.2 Å². The maximum Gasteiger partial charge on any atom is 0.166 e. The Morgan fingerprint density at radius 3 is 2.31 bits per heavy atom. The van der Waals surface area contributed by atoms with Crippen LogP contribution in [0.15, 0.2) is 72.3 Å². The molecule has 0 N–H and O–H groups in total. The van der Waals surface area contributed by atoms with E-state index in [1.54, 1.807) is 0 Å². The van der Waals surface area contributed by atoms with Gasteiger partial charge in [-0.15, -0.1) is 0 Å². The van der Waals surface area contributed by atoms with Crippen LogP contribution >= 0.6 is 0 Å². The van der Waals surface area contributed by atoms with E-state index in [4.69, 9.17) is 0 Å². The van der Waals surface area contributed by atoms with E-state index < -0.39 is 0 Å². The summed E-state index contributed by atoms with van der Waals surface area (Å²) in [4.78, 5) is 13.0. The maximum atomic E-state index is 13.0. The van der Waals surface area contributed by atoms with Gasteiger partial charge in [-0.2, -0.15) is 0 Å². The molecule has 0 fully saturated rings. The van der Waals surface area contributed by atoms with E-state index in [1.165, 1.54) is 22.3 Å². The first-order chi connectivity index (χ1) is 12.5. The van der Waals surface area contributed by atoms with Gasteiger partial charge in [0.2, 0.25) is 0 Å². The molecule has 1 heteroatoms. The zero-order valence-corrected chi connectivity index (χ0v) is 16.6. The molecule has 1 nitrogen and oxygen atoms in total. The number of allylic oxidation sites excluding steroid dienone is 4. The summed E-state index contributed by atoms with van der Waals surface area (Å²) in [6, 6.07) is 17.0. The van der Waals surface area contributed by atoms with E-state index >= 15 is 0 Å². The Morgan fingerprint density at radius 1 is 1.04 bits per heavy atom. The van der Waals surface area contributed by atoms with Crippen molar-refractivity contribution in [3.05, 3.63) is 83.5 Å². The summed E-state index contributed by atoms with van der Waals surface area (Å²) >= 11 is 0. The van der Waals surface area contributed by atoms with Crippen molar-refractivity contribution in [1.29, 1.82) is 0 Å². The van der Waals surface area contributed by atoms with E-state index in [1.807, 2.05) is 38.1 Å². The zero-order valence-electron chi connectivity index (χ0n) is 16.6. The van der Waals surface area contributed by atoms with Crippen molar-refractivity contribution >= 4 is 5.78 Å². The van der Waals surface area contributed by atoms with E-state index in [9.17, 15) is 4.79 Å². The van der Waals surface area contributed by atoms with Gasteiger partial charge in [-0.3, -0.25) is 4.79 Å². The number of Topliss-reactive ketones (excluding diaryl/α,β-unsaturated/α-hetero) is 1. The lowest BCUT2D eigenvalue weighted by Gasteiger charge is -2.21. The van der Waals surface area contributed by atoms with Gasteiger partial charge in [0, 0.05) is 11.5 Å². The fraction of sp³-hybridized carbons (Fsp3) is 0.320. The summed E-state index contributed by atoms with van der Waals surface area (Å²) in [6.45, 7) is 10.3. The van der Waals surface area contributed by atoms with E-state index in [-0.39, 0.29) is 11.7 Å². The normalized spacial score (nSPS) is 13.4. The maximum absolute atomic E-state index is 13.0. The fourth-order valence-corrected chi connectivity index (χ4v) is 3.32. The molecule has 0 radical (unpaired) electrons. The molecule has 136 valence electrons. The SMILES string of the molecule is C/C=C\C(=C/C)C(=O)C(Cc1ccc(C)c(-c2ccccc2)c1)C(C)C. The van der Waals surface area contributed by atoms with Crippen molar-refractivity contribution in [2.24, 2.45) is 11.8 Å². The van der Waals surface area contributed by atoms with Crippen molar-refractivity contribution in [1.82, 2.24) is 0 Å². The quantitative estimate of drug-likeness (QED) is 0.409. The molecule has 0 saturated heterocycles. The minimum Gasteiger partial charge on any atom is -0.294 e. The smallest absolute Gasteiger partial charge is 0.166 e. The van der Waals surface area contributed by atoms with Gasteiger partial charge in [-0.05, 0) is 55.4 Å². The van der Waals surface area contributed by atoms with Gasteiger partial charge in [0.15, 0.2) is 5.78 Å². The van der Waals surface area contributed by atoms with Crippen molar-refractivity contribution in [3.63, 3.8) is 0 Å². The van der Waals surface area contributed by atoms with Crippen LogP contribution in [0.3, 0.4) is 0 Å². The number of rotatable bonds is 7. The molecule has 2 aromatic carbocycles. The topological polar surface area (TPSA) is 17.1 Å². The molecule has 1 unspecified atom stereocenters. The highest BCUT2D eigenvalue weighted by atomic mass is 16.1. The van der Waals surface area contributed by atoms with Gasteiger partial charge in [-0.1, -0.05) is 80.6 Å². The Bertz CT molecular complexity index is 794. The summed E-state index contributed by atoms with van der Waals surface area (Å²) in [5.74, 6) is 0.523. The van der Waals surface area contributed by atoms with Crippen LogP contribution in [0.2, 0.25) is 0 Å². The molecule has 0 aromatic heterocycles. The molecule has 2 aromatic rings. The van der Waals surface area contributed by atoms with Crippen LogP contribution in [0.4, 0.5) is 0 Å². The molecule has 0 spiro atoms. The highest BCUT2D eigenvalue weighted by Crippen LogP contribution is 2.28. The highest BCUT2D eigenvalue weighted by molar-refractivity contribution is 5.99. The minimum atomic E-state index is -0.0104. The van der Waals surface area contributed by atoms with Gasteiger partial charge in [-0.25, -0.2) is 0 Å². The number of carbonyl (C=O) groups excluding carboxylic acids is 1. The predicted molar refractivity (Wildman–Crippen MR) is 112 cm³/mol. The van der Waals surface area contributed by atoms with E-state index in [0.717, 1.165) is 12.0 Å². The average Bonchev–Trinajstić information content (AvgIpc) is 2.65. The molecule has 0 saturated carbocycles. The summed E-state index contributed by atoms with van der Waals surface area (Å²) in [5, 5.41) is 0. The van der Waals surface area contributed by atoms with Crippen LogP contribution in [0.5, 0.6) is 0 Å². The molecule has 1 atom stereocenters. The highest BCUT2D eigenvalue weighted by Gasteiger charge is 2.24. The van der Waals surface area contributed by atoms with Gasteiger partial charge in [0.25, 0.3) is 0 Å². The third-order valence-corrected chi connectivity index (χ3v) is 4.93. The van der Waals surface area contributed by atoms with Crippen molar-refractivity contribution in [2.45, 2.75) is 41.0 Å². The monoisotopic (exact) mass is 346 g/mol. The lowest BCUT2D eigenvalue weighted by Crippen LogP contribution is -2.24. The Balaban J connectivity index is 2.34. The second kappa shape index (κ2) is 9.33. The number of benzene rings is 2. The third-order valence-electron chi connectivity index (χ3n) is 4.93. The molecular formula is C25H30O. The van der Waals surface area contributed by atoms with Gasteiger partial charge in [0.1, 0.15) is 0 Å². The van der Waals surface area contributed by atoms with Gasteiger partial charge >= 0.3 is 0 Å². The van der Waals surface area contributed by atoms with Crippen LogP contribution < -0.4 is 0 Å². The Hall–Kier alpha value is -2.41. The molecule has 0 amide bonds. The minimum absolute atomic E-state index is 0.0104. The largest absolute Gasteiger partial charge is 0.294 e. The van der Waals surface area contributed by atoms with Gasteiger partial charge < -0.3 is 0 Å². The predicted octanol–water partition coefficient (Wildman–Crippen LogP) is 6.57. The van der Waals surface area contributed by atoms with Crippen LogP contribution in [-0.4, -0.2) is 5.78 Å². The summed E-state index contributed by atoms with van der Waals surface area (Å²) in [6.07, 6.45) is 6.54. The number of carbonyl (C=O) groups is 1. The number of hydrogen-bond donors (Lipinski definition) is 0. The van der Waals surface area contributed by atoms with Crippen LogP contribution in [0.1, 0.15) is 38.8 Å². The molecule has 0 aliphatic carbocycles. The first kappa shape index (κ1) is 19.9. The first-order valence-electron chi connectivity index (χ1n) is 9.46. The second-order valence-electron chi connectivity index (χ2n) is 7.18. The standard InChI is InChI=1S/C25H30O/c1-6-11-21(7-2)25(26)23(18(3)4)16-20-15-14-19(5)24(17-20)22-12-9-8-10-13-22/h6-15,17-18,23H,16H2,1-5H3/b11-6-,21-7+. The number of hydrogen-bond acceptors (Lipinski definition) is 1. The molecule has 2 rings (SSSR count). The Labute approximate surface area is 158 Å². The van der Waals surface area contributed by atoms with Crippen molar-refractivity contribution in [2.75, 3.05) is 0 Å². The lowest BCUT2D eigenvalue weighted by atomic mass is 9.82. The third kappa shape index (κ3) is 4.82.